The van der Waals surface area contributed by atoms with Crippen LogP contribution >= 0.6 is 0 Å². The molecule has 0 bridgehead atoms. The minimum Gasteiger partial charge on any atom is -0.207 e. The van der Waals surface area contributed by atoms with Crippen molar-refractivity contribution in [1.82, 2.24) is 0 Å². The zero-order valence-electron chi connectivity index (χ0n) is 26.8. The molecule has 0 fully saturated rings. The Morgan fingerprint density at radius 2 is 1.66 bits per heavy atom. The molecule has 0 N–H and O–H groups in total. The molecular weight excluding hydrogens is 539 g/mol. The molecule has 5 aromatic rings. The van der Waals surface area contributed by atoms with E-state index in [9.17, 15) is 0 Å². The van der Waals surface area contributed by atoms with Crippen molar-refractivity contribution in [1.29, 1.82) is 0 Å². The molecule has 0 radical (unpaired) electrons. The average molecular weight is 583 g/mol. The topological polar surface area (TPSA) is 7.76 Å². The van der Waals surface area contributed by atoms with Gasteiger partial charge in [0.25, 0.3) is 0 Å². The van der Waals surface area contributed by atoms with E-state index < -0.39 is 5.41 Å². The fraction of sp³-hybridized carbons (Fsp3) is 0.366. The number of pyridine rings is 2. The molecule has 2 unspecified atom stereocenters. The maximum absolute atomic E-state index is 16.4. The van der Waals surface area contributed by atoms with Crippen LogP contribution in [-0.4, -0.2) is 0 Å². The Bertz CT molecular complexity index is 1960. The second kappa shape index (κ2) is 9.83. The second-order valence-corrected chi connectivity index (χ2v) is 14.0. The lowest BCUT2D eigenvalue weighted by Gasteiger charge is -2.47. The first-order valence-electron chi connectivity index (χ1n) is 16.8. The van der Waals surface area contributed by atoms with E-state index in [2.05, 4.69) is 123 Å². The van der Waals surface area contributed by atoms with Gasteiger partial charge in [-0.05, 0) is 58.7 Å². The SMILES string of the molecule is CCCCc1cc2c3c4[n+](ccc3c1)C(CC)(CC)C(C1C[n+]3ccccc3-c3ccccc31)c1ccc(F)c(c1-4)C2(C)C. The van der Waals surface area contributed by atoms with Crippen molar-refractivity contribution < 1.29 is 13.5 Å². The highest BCUT2D eigenvalue weighted by atomic mass is 19.1. The number of aromatic nitrogens is 2. The number of halogens is 1. The summed E-state index contributed by atoms with van der Waals surface area (Å²) in [5, 5.41) is 2.62. The number of unbranched alkanes of at least 4 members (excludes halogenated alkanes) is 1. The summed E-state index contributed by atoms with van der Waals surface area (Å²) < 4.78 is 21.5. The third-order valence-corrected chi connectivity index (χ3v) is 11.6. The molecule has 2 aromatic heterocycles. The van der Waals surface area contributed by atoms with Crippen LogP contribution in [0.4, 0.5) is 4.39 Å². The van der Waals surface area contributed by atoms with E-state index in [4.69, 9.17) is 0 Å². The maximum Gasteiger partial charge on any atom is 0.221 e. The van der Waals surface area contributed by atoms with Crippen molar-refractivity contribution in [2.75, 3.05) is 0 Å². The van der Waals surface area contributed by atoms with Gasteiger partial charge in [-0.1, -0.05) is 77.4 Å². The molecular formula is C41H43FN2+2. The van der Waals surface area contributed by atoms with Crippen LogP contribution in [0.3, 0.4) is 0 Å². The van der Waals surface area contributed by atoms with Gasteiger partial charge in [-0.2, -0.15) is 9.13 Å². The van der Waals surface area contributed by atoms with Gasteiger partial charge in [0.2, 0.25) is 11.4 Å². The summed E-state index contributed by atoms with van der Waals surface area (Å²) in [4.78, 5) is 0. The number of rotatable bonds is 6. The molecule has 8 rings (SSSR count). The molecule has 3 heteroatoms. The maximum atomic E-state index is 16.4. The largest absolute Gasteiger partial charge is 0.221 e. The summed E-state index contributed by atoms with van der Waals surface area (Å²) in [7, 11) is 0. The standard InChI is InChI=1S/C41H43FN2/c1-6-9-14-26-23-27-20-22-44-39-35(27)32(24-26)40(4,5)38-33(42)19-18-30(36(38)39)37(41(44,7-2)8-3)31-25-43-21-13-12-17-34(43)29-16-11-10-15-28(29)31/h10-13,15-24,31,37H,6-9,14,25H2,1-5H3/q+2. The number of hydrogen-bond acceptors (Lipinski definition) is 0. The molecule has 44 heavy (non-hydrogen) atoms. The van der Waals surface area contributed by atoms with E-state index >= 15 is 4.39 Å². The van der Waals surface area contributed by atoms with Gasteiger partial charge in [-0.3, -0.25) is 0 Å². The van der Waals surface area contributed by atoms with Gasteiger partial charge in [0.1, 0.15) is 5.82 Å². The fourth-order valence-corrected chi connectivity index (χ4v) is 9.55. The van der Waals surface area contributed by atoms with Crippen LogP contribution in [0.2, 0.25) is 0 Å². The predicted molar refractivity (Wildman–Crippen MR) is 176 cm³/mol. The summed E-state index contributed by atoms with van der Waals surface area (Å²) >= 11 is 0. The molecule has 3 aliphatic rings. The van der Waals surface area contributed by atoms with Crippen LogP contribution < -0.4 is 9.13 Å². The first-order valence-corrected chi connectivity index (χ1v) is 16.8. The zero-order valence-corrected chi connectivity index (χ0v) is 26.8. The summed E-state index contributed by atoms with van der Waals surface area (Å²) in [5.74, 6) is 0.354. The predicted octanol–water partition coefficient (Wildman–Crippen LogP) is 9.28. The van der Waals surface area contributed by atoms with E-state index in [0.29, 0.717) is 0 Å². The molecule has 0 saturated heterocycles. The van der Waals surface area contributed by atoms with Crippen molar-refractivity contribution in [3.63, 3.8) is 0 Å². The summed E-state index contributed by atoms with van der Waals surface area (Å²) in [6, 6.07) is 26.7. The third-order valence-electron chi connectivity index (χ3n) is 11.6. The van der Waals surface area contributed by atoms with Crippen molar-refractivity contribution in [2.24, 2.45) is 0 Å². The van der Waals surface area contributed by atoms with Gasteiger partial charge >= 0.3 is 0 Å². The van der Waals surface area contributed by atoms with Crippen LogP contribution in [-0.2, 0) is 23.9 Å². The lowest BCUT2D eigenvalue weighted by atomic mass is 9.58. The second-order valence-electron chi connectivity index (χ2n) is 14.0. The Hall–Kier alpha value is -3.85. The van der Waals surface area contributed by atoms with Crippen molar-refractivity contribution in [3.8, 4) is 22.5 Å². The number of hydrogen-bond donors (Lipinski definition) is 0. The molecule has 4 heterocycles. The smallest absolute Gasteiger partial charge is 0.207 e. The molecule has 2 nitrogen and oxygen atoms in total. The normalized spacial score (nSPS) is 19.9. The molecule has 1 aliphatic carbocycles. The van der Waals surface area contributed by atoms with Crippen LogP contribution in [0.25, 0.3) is 33.3 Å². The molecule has 0 saturated carbocycles. The molecule has 0 amide bonds. The summed E-state index contributed by atoms with van der Waals surface area (Å²) in [6.45, 7) is 12.4. The van der Waals surface area contributed by atoms with Crippen molar-refractivity contribution in [2.45, 2.75) is 96.1 Å². The van der Waals surface area contributed by atoms with Gasteiger partial charge in [-0.15, -0.1) is 0 Å². The van der Waals surface area contributed by atoms with E-state index in [1.54, 1.807) is 6.07 Å². The minimum atomic E-state index is -0.448. The molecule has 2 atom stereocenters. The zero-order chi connectivity index (χ0) is 30.4. The highest BCUT2D eigenvalue weighted by Crippen LogP contribution is 2.59. The Morgan fingerprint density at radius 3 is 2.45 bits per heavy atom. The Labute approximate surface area is 261 Å². The molecule has 0 spiro atoms. The van der Waals surface area contributed by atoms with Crippen LogP contribution in [0.1, 0.15) is 100.0 Å². The van der Waals surface area contributed by atoms with E-state index in [1.165, 1.54) is 62.8 Å². The summed E-state index contributed by atoms with van der Waals surface area (Å²) in [6.07, 6.45) is 9.99. The Morgan fingerprint density at radius 1 is 0.864 bits per heavy atom. The van der Waals surface area contributed by atoms with Gasteiger partial charge < -0.3 is 0 Å². The fourth-order valence-electron chi connectivity index (χ4n) is 9.55. The monoisotopic (exact) mass is 582 g/mol. The molecule has 3 aromatic carbocycles. The number of aryl methyl sites for hydroxylation is 1. The van der Waals surface area contributed by atoms with Crippen LogP contribution in [0.15, 0.2) is 85.2 Å². The number of benzene rings is 3. The van der Waals surface area contributed by atoms with E-state index in [0.717, 1.165) is 36.9 Å². The minimum absolute atomic E-state index is 0.0788. The van der Waals surface area contributed by atoms with Gasteiger partial charge in [0.15, 0.2) is 24.5 Å². The van der Waals surface area contributed by atoms with Crippen LogP contribution in [0.5, 0.6) is 0 Å². The average Bonchev–Trinajstić information content (AvgIpc) is 3.05. The number of fused-ring (bicyclic) bond motifs is 3. The Balaban J connectivity index is 1.47. The van der Waals surface area contributed by atoms with Gasteiger partial charge in [-0.25, -0.2) is 4.39 Å². The van der Waals surface area contributed by atoms with Crippen LogP contribution in [0, 0.1) is 5.82 Å². The first kappa shape index (κ1) is 27.7. The van der Waals surface area contributed by atoms with E-state index in [-0.39, 0.29) is 23.2 Å². The van der Waals surface area contributed by atoms with Crippen molar-refractivity contribution in [3.05, 3.63) is 119 Å². The van der Waals surface area contributed by atoms with Gasteiger partial charge in [0.05, 0.1) is 22.8 Å². The quantitative estimate of drug-likeness (QED) is 0.176. The van der Waals surface area contributed by atoms with Gasteiger partial charge in [0, 0.05) is 47.6 Å². The molecule has 222 valence electrons. The highest BCUT2D eigenvalue weighted by Gasteiger charge is 2.59. The lowest BCUT2D eigenvalue weighted by molar-refractivity contribution is -0.765. The Kier molecular flexibility index (Phi) is 6.18. The van der Waals surface area contributed by atoms with E-state index in [1.807, 2.05) is 0 Å². The molecule has 2 aliphatic heterocycles. The number of nitrogens with zero attached hydrogens (tertiary/aromatic N) is 2. The lowest BCUT2D eigenvalue weighted by Crippen LogP contribution is -2.64. The first-order chi connectivity index (χ1) is 21.4. The van der Waals surface area contributed by atoms with Crippen molar-refractivity contribution >= 4 is 10.8 Å². The summed E-state index contributed by atoms with van der Waals surface area (Å²) in [5.41, 5.74) is 10.6. The highest BCUT2D eigenvalue weighted by molar-refractivity contribution is 6.01. The third kappa shape index (κ3) is 3.53.